The van der Waals surface area contributed by atoms with Gasteiger partial charge in [0.15, 0.2) is 11.6 Å². The number of hydrogen-bond donors (Lipinski definition) is 2. The minimum Gasteiger partial charge on any atom is -0.468 e. The minimum atomic E-state index is -1.38. The summed E-state index contributed by atoms with van der Waals surface area (Å²) in [5, 5.41) is 23.2. The van der Waals surface area contributed by atoms with E-state index < -0.39 is 57.4 Å². The lowest BCUT2D eigenvalue weighted by molar-refractivity contribution is -0.151. The lowest BCUT2D eigenvalue weighted by Crippen LogP contribution is -2.50. The van der Waals surface area contributed by atoms with E-state index in [4.69, 9.17) is 9.47 Å². The first-order chi connectivity index (χ1) is 18.7. The molecule has 10 atom stereocenters. The number of aliphatic hydroxyl groups excluding tert-OH is 2. The Bertz CT molecular complexity index is 1370. The van der Waals surface area contributed by atoms with Crippen molar-refractivity contribution in [2.45, 2.75) is 65.6 Å². The molecule has 0 amide bonds. The number of aliphatic hydroxyl groups is 2. The molecule has 0 aromatic carbocycles. The molecule has 0 spiro atoms. The number of ether oxygens (including phenoxy) is 2. The molecule has 7 rings (SSSR count). The molecule has 0 saturated heterocycles. The smallest absolute Gasteiger partial charge is 0.316 e. The summed E-state index contributed by atoms with van der Waals surface area (Å²) in [5.41, 5.74) is -0.725. The molecular formula is C32H36O8. The third kappa shape index (κ3) is 2.70. The molecule has 8 heteroatoms. The lowest BCUT2D eigenvalue weighted by atomic mass is 9.59. The van der Waals surface area contributed by atoms with Gasteiger partial charge in [0.25, 0.3) is 0 Å². The van der Waals surface area contributed by atoms with Crippen molar-refractivity contribution in [1.29, 1.82) is 0 Å². The molecule has 0 heterocycles. The van der Waals surface area contributed by atoms with Crippen LogP contribution < -0.4 is 0 Å². The molecule has 0 radical (unpaired) electrons. The van der Waals surface area contributed by atoms with Gasteiger partial charge in [-0.05, 0) is 74.3 Å². The van der Waals surface area contributed by atoms with Gasteiger partial charge in [-0.3, -0.25) is 19.2 Å². The number of carbonyl (C=O) groups excluding carboxylic acids is 4. The highest BCUT2D eigenvalue weighted by Crippen LogP contribution is 2.73. The van der Waals surface area contributed by atoms with Crippen LogP contribution in [-0.2, 0) is 28.7 Å². The fourth-order valence-corrected chi connectivity index (χ4v) is 9.53. The zero-order valence-electron chi connectivity index (χ0n) is 23.8. The van der Waals surface area contributed by atoms with Crippen LogP contribution in [0, 0.1) is 45.3 Å². The van der Waals surface area contributed by atoms with Crippen molar-refractivity contribution >= 4 is 23.5 Å². The van der Waals surface area contributed by atoms with E-state index in [0.717, 1.165) is 35.1 Å². The summed E-state index contributed by atoms with van der Waals surface area (Å²) in [6, 6.07) is 0. The molecule has 8 nitrogen and oxygen atoms in total. The summed E-state index contributed by atoms with van der Waals surface area (Å²) < 4.78 is 10.6. The molecule has 0 unspecified atom stereocenters. The maximum atomic E-state index is 14.0. The van der Waals surface area contributed by atoms with E-state index in [0.29, 0.717) is 0 Å². The second kappa shape index (κ2) is 7.51. The van der Waals surface area contributed by atoms with Crippen LogP contribution in [0.15, 0.2) is 45.6 Å². The van der Waals surface area contributed by atoms with Gasteiger partial charge in [-0.1, -0.05) is 37.1 Å². The van der Waals surface area contributed by atoms with Crippen LogP contribution in [0.4, 0.5) is 0 Å². The molecule has 4 bridgehead atoms. The Balaban J connectivity index is 1.57. The third-order valence-corrected chi connectivity index (χ3v) is 12.2. The van der Waals surface area contributed by atoms with Gasteiger partial charge >= 0.3 is 11.9 Å². The number of ketones is 2. The molecule has 0 aromatic heterocycles. The molecule has 40 heavy (non-hydrogen) atoms. The van der Waals surface area contributed by atoms with Crippen LogP contribution in [0.3, 0.4) is 0 Å². The average Bonchev–Trinajstić information content (AvgIpc) is 3.84. The first-order valence-electron chi connectivity index (χ1n) is 14.2. The summed E-state index contributed by atoms with van der Waals surface area (Å²) in [4.78, 5) is 55.1. The first kappa shape index (κ1) is 26.1. The van der Waals surface area contributed by atoms with Crippen LogP contribution in [-0.4, -0.2) is 60.1 Å². The first-order valence-corrected chi connectivity index (χ1v) is 14.2. The summed E-state index contributed by atoms with van der Waals surface area (Å²) in [6.07, 6.45) is 2.74. The standard InChI is InChI=1S/C32H36O8/c1-29(27(37)39-5)11-15-13-7-17(13)32(4)20(15)10-22(24(34)26(32)36)30(2,28(38)40-6)12-16-14-8-18(14)31(3)19(16)9-21(29)23(33)25(31)35/h9-10,13-14,17-18,25-26,35-36H,7-8,11-12H2,1-6H3/t13-,14-,17-,18-,25+,26+,29-,30-,31-,32+/m0/s1. The second-order valence-electron chi connectivity index (χ2n) is 14.0. The number of fused-ring (bicyclic) bond motifs is 6. The maximum absolute atomic E-state index is 14.0. The van der Waals surface area contributed by atoms with Crippen molar-refractivity contribution in [2.75, 3.05) is 14.2 Å². The van der Waals surface area contributed by atoms with Gasteiger partial charge < -0.3 is 19.7 Å². The molecule has 212 valence electrons. The van der Waals surface area contributed by atoms with E-state index in [1.165, 1.54) is 14.2 Å². The van der Waals surface area contributed by atoms with Gasteiger partial charge in [-0.2, -0.15) is 0 Å². The monoisotopic (exact) mass is 548 g/mol. The van der Waals surface area contributed by atoms with Gasteiger partial charge in [0.05, 0.1) is 25.0 Å². The Morgan fingerprint density at radius 1 is 0.725 bits per heavy atom. The van der Waals surface area contributed by atoms with E-state index in [9.17, 15) is 29.4 Å². The van der Waals surface area contributed by atoms with Crippen LogP contribution in [0.2, 0.25) is 0 Å². The van der Waals surface area contributed by atoms with Crippen LogP contribution >= 0.6 is 0 Å². The van der Waals surface area contributed by atoms with Crippen LogP contribution in [0.5, 0.6) is 0 Å². The molecule has 0 aliphatic heterocycles. The number of hydrogen-bond acceptors (Lipinski definition) is 8. The van der Waals surface area contributed by atoms with Gasteiger partial charge in [0.2, 0.25) is 0 Å². The Morgan fingerprint density at radius 2 is 1.07 bits per heavy atom. The number of Topliss-reactive ketones (excluding diaryl/α,β-unsaturated/α-hetero) is 2. The largest absolute Gasteiger partial charge is 0.468 e. The van der Waals surface area contributed by atoms with Crippen molar-refractivity contribution in [3.63, 3.8) is 0 Å². The van der Waals surface area contributed by atoms with Gasteiger partial charge in [0, 0.05) is 22.0 Å². The topological polar surface area (TPSA) is 127 Å². The maximum Gasteiger partial charge on any atom is 0.316 e. The van der Waals surface area contributed by atoms with Crippen LogP contribution in [0.25, 0.3) is 0 Å². The number of rotatable bonds is 2. The molecule has 2 N–H and O–H groups in total. The van der Waals surface area contributed by atoms with Crippen molar-refractivity contribution in [2.24, 2.45) is 45.3 Å². The van der Waals surface area contributed by atoms with Gasteiger partial charge in [-0.15, -0.1) is 0 Å². The van der Waals surface area contributed by atoms with E-state index in [1.807, 2.05) is 13.8 Å². The predicted octanol–water partition coefficient (Wildman–Crippen LogP) is 2.78. The molecular weight excluding hydrogens is 512 g/mol. The number of carbonyl (C=O) groups is 4. The quantitative estimate of drug-likeness (QED) is 0.505. The molecule has 2 fully saturated rings. The van der Waals surface area contributed by atoms with E-state index in [2.05, 4.69) is 0 Å². The highest BCUT2D eigenvalue weighted by Gasteiger charge is 2.70. The zero-order chi connectivity index (χ0) is 28.9. The lowest BCUT2D eigenvalue weighted by Gasteiger charge is -2.44. The second-order valence-corrected chi connectivity index (χ2v) is 14.0. The summed E-state index contributed by atoms with van der Waals surface area (Å²) in [7, 11) is 2.60. The molecule has 0 aromatic rings. The Morgan fingerprint density at radius 3 is 1.40 bits per heavy atom. The zero-order valence-corrected chi connectivity index (χ0v) is 23.8. The fraction of sp³-hybridized carbons (Fsp3) is 0.625. The van der Waals surface area contributed by atoms with E-state index in [-0.39, 0.29) is 47.7 Å². The van der Waals surface area contributed by atoms with Crippen molar-refractivity contribution in [3.05, 3.63) is 45.6 Å². The summed E-state index contributed by atoms with van der Waals surface area (Å²) >= 11 is 0. The normalized spacial score (nSPS) is 47.9. The highest BCUT2D eigenvalue weighted by molar-refractivity contribution is 6.09. The highest BCUT2D eigenvalue weighted by atomic mass is 16.5. The average molecular weight is 549 g/mol. The third-order valence-electron chi connectivity index (χ3n) is 12.2. The van der Waals surface area contributed by atoms with Crippen molar-refractivity contribution in [3.8, 4) is 0 Å². The number of methoxy groups -OCH3 is 2. The fourth-order valence-electron chi connectivity index (χ4n) is 9.53. The Kier molecular flexibility index (Phi) is 4.90. The Hall–Kier alpha value is -2.84. The number of allylic oxidation sites excluding steroid dienone is 4. The van der Waals surface area contributed by atoms with E-state index in [1.54, 1.807) is 26.0 Å². The predicted molar refractivity (Wildman–Crippen MR) is 141 cm³/mol. The molecule has 7 aliphatic carbocycles. The number of esters is 2. The summed E-state index contributed by atoms with van der Waals surface area (Å²) in [6.45, 7) is 7.18. The SMILES string of the molecule is COC(=O)[C@@]1(C)CC2=C3C=C(C(=O)[C@@H](O)[C@]3(C)[C@H]3C[C@@H]23)[C@@](C)(C(=O)OC)CC2=C3C=C1C(=O)[C@@H](O)[C@@]3(C)[C@H]1C[C@@H]21. The van der Waals surface area contributed by atoms with Crippen molar-refractivity contribution in [1.82, 2.24) is 0 Å². The van der Waals surface area contributed by atoms with Gasteiger partial charge in [-0.25, -0.2) is 0 Å². The molecule has 7 aliphatic rings. The van der Waals surface area contributed by atoms with Gasteiger partial charge in [0.1, 0.15) is 12.2 Å². The minimum absolute atomic E-state index is 0.0194. The van der Waals surface area contributed by atoms with Crippen molar-refractivity contribution < 1.29 is 38.9 Å². The molecule has 2 saturated carbocycles. The van der Waals surface area contributed by atoms with E-state index >= 15 is 0 Å². The summed E-state index contributed by atoms with van der Waals surface area (Å²) in [5.74, 6) is -1.95. The van der Waals surface area contributed by atoms with Crippen LogP contribution in [0.1, 0.15) is 53.4 Å². The Labute approximate surface area is 233 Å².